The van der Waals surface area contributed by atoms with E-state index in [2.05, 4.69) is 4.98 Å². The molecule has 0 aliphatic carbocycles. The van der Waals surface area contributed by atoms with E-state index >= 15 is 0 Å². The maximum absolute atomic E-state index is 13.4. The summed E-state index contributed by atoms with van der Waals surface area (Å²) in [6, 6.07) is 1.36. The van der Waals surface area contributed by atoms with Gasteiger partial charge in [0.05, 0.1) is 38.7 Å². The number of hydrogen-bond donors (Lipinski definition) is 0. The molecule has 0 amide bonds. The number of nitrogens with zero attached hydrogens (tertiary/aromatic N) is 2. The van der Waals surface area contributed by atoms with E-state index in [-0.39, 0.29) is 26.6 Å². The Morgan fingerprint density at radius 3 is 2.04 bits per heavy atom. The van der Waals surface area contributed by atoms with Crippen LogP contribution in [0.25, 0.3) is 5.69 Å². The molecule has 132 valence electrons. The van der Waals surface area contributed by atoms with Gasteiger partial charge in [-0.3, -0.25) is 4.57 Å². The van der Waals surface area contributed by atoms with Gasteiger partial charge in [0.15, 0.2) is 0 Å². The molecule has 1 aromatic heterocycles. The van der Waals surface area contributed by atoms with Crippen molar-refractivity contribution < 1.29 is 22.1 Å². The zero-order valence-corrected chi connectivity index (χ0v) is 15.3. The van der Waals surface area contributed by atoms with Crippen LogP contribution in [0.1, 0.15) is 11.4 Å². The SMILES string of the molecule is Cc1nc([S+]([O-])C(F)(Cl)Cl)cn1-c1c(Cl)cc(C(F)(F)F)cc1Cl. The Balaban J connectivity index is 2.56. The minimum absolute atomic E-state index is 0.0341. The first-order chi connectivity index (χ1) is 10.8. The first kappa shape index (κ1) is 19.9. The normalized spacial score (nSPS) is 14.1. The summed E-state index contributed by atoms with van der Waals surface area (Å²) in [5, 5.41) is -0.973. The standard InChI is InChI=1S/C12H6Cl4F4N2OS/c1-5-21-9(24(23)12(15,16)20)4-22(5)10-7(13)2-6(3-8(10)14)11(17,18)19/h2-4H,1H3. The Labute approximate surface area is 156 Å². The van der Waals surface area contributed by atoms with Gasteiger partial charge in [-0.15, -0.1) is 0 Å². The molecule has 0 N–H and O–H groups in total. The van der Waals surface area contributed by atoms with Crippen molar-refractivity contribution in [3.05, 3.63) is 39.8 Å². The van der Waals surface area contributed by atoms with Crippen molar-refractivity contribution in [3.63, 3.8) is 0 Å². The smallest absolute Gasteiger partial charge is 0.425 e. The van der Waals surface area contributed by atoms with Crippen LogP contribution in [-0.4, -0.2) is 18.0 Å². The molecule has 1 aromatic carbocycles. The summed E-state index contributed by atoms with van der Waals surface area (Å²) in [7, 11) is 0. The summed E-state index contributed by atoms with van der Waals surface area (Å²) >= 11 is 19.5. The number of hydrogen-bond acceptors (Lipinski definition) is 2. The van der Waals surface area contributed by atoms with Crippen LogP contribution >= 0.6 is 46.4 Å². The van der Waals surface area contributed by atoms with E-state index < -0.39 is 26.8 Å². The molecule has 24 heavy (non-hydrogen) atoms. The molecule has 0 fully saturated rings. The summed E-state index contributed by atoms with van der Waals surface area (Å²) < 4.78 is 61.5. The third kappa shape index (κ3) is 4.05. The highest BCUT2D eigenvalue weighted by Gasteiger charge is 2.42. The molecule has 0 radical (unpaired) electrons. The monoisotopic (exact) mass is 442 g/mol. The average molecular weight is 444 g/mol. The Hall–Kier alpha value is -0.380. The van der Waals surface area contributed by atoms with Crippen molar-refractivity contribution in [2.75, 3.05) is 0 Å². The van der Waals surface area contributed by atoms with Crippen molar-refractivity contribution >= 4 is 57.6 Å². The number of halogens is 8. The van der Waals surface area contributed by atoms with Crippen LogP contribution in [0, 0.1) is 6.92 Å². The van der Waals surface area contributed by atoms with Gasteiger partial charge in [-0.1, -0.05) is 23.2 Å². The Bertz CT molecular complexity index is 752. The molecule has 0 aliphatic rings. The summed E-state index contributed by atoms with van der Waals surface area (Å²) in [6.07, 6.45) is -3.56. The maximum atomic E-state index is 13.4. The van der Waals surface area contributed by atoms with E-state index in [0.717, 1.165) is 10.8 Å². The lowest BCUT2D eigenvalue weighted by atomic mass is 10.2. The quantitative estimate of drug-likeness (QED) is 0.348. The lowest BCUT2D eigenvalue weighted by Gasteiger charge is -2.14. The molecule has 3 nitrogen and oxygen atoms in total. The van der Waals surface area contributed by atoms with Gasteiger partial charge in [-0.05, 0) is 42.3 Å². The molecule has 0 saturated carbocycles. The van der Waals surface area contributed by atoms with E-state index in [1.54, 1.807) is 0 Å². The van der Waals surface area contributed by atoms with Gasteiger partial charge >= 0.3 is 10.1 Å². The fraction of sp³-hybridized carbons (Fsp3) is 0.250. The second-order valence-electron chi connectivity index (χ2n) is 4.50. The van der Waals surface area contributed by atoms with E-state index in [9.17, 15) is 22.1 Å². The van der Waals surface area contributed by atoms with Crippen molar-refractivity contribution in [1.82, 2.24) is 9.55 Å². The molecule has 2 aromatic rings. The predicted octanol–water partition coefficient (Wildman–Crippen LogP) is 5.67. The second-order valence-corrected chi connectivity index (χ2v) is 8.51. The fourth-order valence-electron chi connectivity index (χ4n) is 1.84. The van der Waals surface area contributed by atoms with E-state index in [4.69, 9.17) is 46.4 Å². The largest absolute Gasteiger partial charge is 0.606 e. The number of rotatable bonds is 3. The van der Waals surface area contributed by atoms with E-state index in [1.165, 1.54) is 6.92 Å². The number of imidazole rings is 1. The number of aromatic nitrogens is 2. The second kappa shape index (κ2) is 6.74. The number of aryl methyl sites for hydroxylation is 1. The topological polar surface area (TPSA) is 40.9 Å². The lowest BCUT2D eigenvalue weighted by molar-refractivity contribution is -0.137. The molecule has 1 atom stereocenters. The van der Waals surface area contributed by atoms with E-state index in [1.807, 2.05) is 0 Å². The van der Waals surface area contributed by atoms with Crippen LogP contribution in [0.2, 0.25) is 10.0 Å². The average Bonchev–Trinajstić information content (AvgIpc) is 2.77. The first-order valence-corrected chi connectivity index (χ1v) is 8.59. The van der Waals surface area contributed by atoms with Gasteiger partial charge in [0.25, 0.3) is 5.03 Å². The minimum atomic E-state index is -4.63. The zero-order chi connectivity index (χ0) is 18.4. The van der Waals surface area contributed by atoms with Crippen LogP contribution in [0.15, 0.2) is 23.4 Å². The van der Waals surface area contributed by atoms with Crippen molar-refractivity contribution in [2.45, 2.75) is 22.0 Å². The minimum Gasteiger partial charge on any atom is -0.606 e. The van der Waals surface area contributed by atoms with E-state index in [0.29, 0.717) is 12.1 Å². The third-order valence-electron chi connectivity index (χ3n) is 2.85. The highest BCUT2D eigenvalue weighted by atomic mass is 35.5. The molecule has 0 bridgehead atoms. The summed E-state index contributed by atoms with van der Waals surface area (Å²) in [5.74, 6) is 0.138. The van der Waals surface area contributed by atoms with Gasteiger partial charge < -0.3 is 4.55 Å². The van der Waals surface area contributed by atoms with Gasteiger partial charge in [0.2, 0.25) is 0 Å². The predicted molar refractivity (Wildman–Crippen MR) is 85.3 cm³/mol. The number of alkyl halides is 6. The van der Waals surface area contributed by atoms with Crippen molar-refractivity contribution in [3.8, 4) is 5.69 Å². The van der Waals surface area contributed by atoms with Crippen LogP contribution in [0.5, 0.6) is 0 Å². The maximum Gasteiger partial charge on any atom is 0.425 e. The molecule has 1 heterocycles. The van der Waals surface area contributed by atoms with Crippen LogP contribution < -0.4 is 0 Å². The van der Waals surface area contributed by atoms with Gasteiger partial charge in [-0.2, -0.15) is 22.5 Å². The molecule has 0 saturated heterocycles. The molecule has 0 aliphatic heterocycles. The van der Waals surface area contributed by atoms with Crippen molar-refractivity contribution in [1.29, 1.82) is 0 Å². The molecule has 1 unspecified atom stereocenters. The highest BCUT2D eigenvalue weighted by molar-refractivity contribution is 7.95. The third-order valence-corrected chi connectivity index (χ3v) is 5.26. The summed E-state index contributed by atoms with van der Waals surface area (Å²) in [6.45, 7) is 1.42. The Morgan fingerprint density at radius 2 is 1.62 bits per heavy atom. The fourth-order valence-corrected chi connectivity index (χ4v) is 3.64. The molecular weight excluding hydrogens is 438 g/mol. The van der Waals surface area contributed by atoms with Crippen molar-refractivity contribution in [2.24, 2.45) is 0 Å². The van der Waals surface area contributed by atoms with Gasteiger partial charge in [0, 0.05) is 0 Å². The van der Waals surface area contributed by atoms with Crippen LogP contribution in [-0.2, 0) is 17.4 Å². The molecular formula is C12H6Cl4F4N2OS. The Kier molecular flexibility index (Phi) is 5.60. The van der Waals surface area contributed by atoms with Gasteiger partial charge in [-0.25, -0.2) is 0 Å². The molecule has 0 spiro atoms. The summed E-state index contributed by atoms with van der Waals surface area (Å²) in [4.78, 5) is 3.82. The number of benzene rings is 1. The first-order valence-electron chi connectivity index (χ1n) is 5.93. The molecule has 2 rings (SSSR count). The van der Waals surface area contributed by atoms with Crippen LogP contribution in [0.4, 0.5) is 17.6 Å². The van der Waals surface area contributed by atoms with Gasteiger partial charge in [0.1, 0.15) is 5.82 Å². The molecule has 12 heteroatoms. The zero-order valence-electron chi connectivity index (χ0n) is 11.5. The lowest BCUT2D eigenvalue weighted by Crippen LogP contribution is -2.21. The summed E-state index contributed by atoms with van der Waals surface area (Å²) in [5.41, 5.74) is -1.07. The highest BCUT2D eigenvalue weighted by Crippen LogP contribution is 2.39. The van der Waals surface area contributed by atoms with Crippen LogP contribution in [0.3, 0.4) is 0 Å². The Morgan fingerprint density at radius 1 is 1.12 bits per heavy atom.